The van der Waals surface area contributed by atoms with Gasteiger partial charge in [-0.2, -0.15) is 8.42 Å². The van der Waals surface area contributed by atoms with Gasteiger partial charge in [-0.1, -0.05) is 13.0 Å². The second kappa shape index (κ2) is 5.21. The second-order valence-electron chi connectivity index (χ2n) is 2.54. The maximum atomic E-state index is 10.6. The Morgan fingerprint density at radius 1 is 1.54 bits per heavy atom. The molecule has 0 aliphatic carbocycles. The van der Waals surface area contributed by atoms with Crippen molar-refractivity contribution in [2.75, 3.05) is 0 Å². The predicted octanol–water partition coefficient (Wildman–Crippen LogP) is 0.521. The third-order valence-corrected chi connectivity index (χ3v) is 2.32. The van der Waals surface area contributed by atoms with Crippen LogP contribution in [0.15, 0.2) is 12.3 Å². The van der Waals surface area contributed by atoms with Crippen LogP contribution in [-0.4, -0.2) is 29.6 Å². The van der Waals surface area contributed by atoms with Gasteiger partial charge in [0.05, 0.1) is 6.26 Å². The number of aliphatic hydroxyl groups is 1. The normalized spacial score (nSPS) is 17.2. The minimum absolute atomic E-state index is 0.679. The van der Waals surface area contributed by atoms with Crippen LogP contribution in [-0.2, 0) is 14.9 Å². The fraction of sp³-hybridized carbons (Fsp3) is 0.714. The lowest BCUT2D eigenvalue weighted by atomic mass is 10.4. The van der Waals surface area contributed by atoms with Crippen LogP contribution in [0.2, 0.25) is 0 Å². The Balaban J connectivity index is 4.38. The van der Waals surface area contributed by atoms with Crippen molar-refractivity contribution in [2.45, 2.75) is 31.8 Å². The number of ether oxygens (including phenoxy) is 1. The Morgan fingerprint density at radius 2 is 2.08 bits per heavy atom. The first-order valence-electron chi connectivity index (χ1n) is 3.84. The van der Waals surface area contributed by atoms with Gasteiger partial charge in [-0.05, 0) is 13.3 Å². The van der Waals surface area contributed by atoms with Gasteiger partial charge in [0.1, 0.15) is 6.10 Å². The molecular weight excluding hydrogens is 196 g/mol. The van der Waals surface area contributed by atoms with E-state index < -0.39 is 21.7 Å². The molecule has 5 nitrogen and oxygen atoms in total. The average Bonchev–Trinajstić information content (AvgIpc) is 1.94. The summed E-state index contributed by atoms with van der Waals surface area (Å²) in [6.07, 6.45) is 2.11. The van der Waals surface area contributed by atoms with Crippen LogP contribution in [0.25, 0.3) is 0 Å². The quantitative estimate of drug-likeness (QED) is 0.510. The molecule has 0 bridgehead atoms. The molecular formula is C7H14O5S. The standard InChI is InChI=1S/C7H14O5S/c1-3-4-5-12-7(6(2)8)13(9,10)11/h4-8H,3H2,1-2H3,(H,9,10,11). The SMILES string of the molecule is CCC=COC(C(C)O)S(=O)(=O)O. The van der Waals surface area contributed by atoms with E-state index in [1.54, 1.807) is 6.08 Å². The van der Waals surface area contributed by atoms with E-state index in [9.17, 15) is 8.42 Å². The van der Waals surface area contributed by atoms with E-state index in [0.717, 1.165) is 6.26 Å². The van der Waals surface area contributed by atoms with Crippen LogP contribution in [0.4, 0.5) is 0 Å². The number of allylic oxidation sites excluding steroid dienone is 1. The summed E-state index contributed by atoms with van der Waals surface area (Å²) in [6, 6.07) is 0. The monoisotopic (exact) mass is 210 g/mol. The van der Waals surface area contributed by atoms with Gasteiger partial charge in [-0.15, -0.1) is 0 Å². The first-order valence-corrected chi connectivity index (χ1v) is 5.34. The molecule has 2 atom stereocenters. The van der Waals surface area contributed by atoms with Crippen molar-refractivity contribution in [3.05, 3.63) is 12.3 Å². The summed E-state index contributed by atoms with van der Waals surface area (Å²) in [5.74, 6) is 0. The summed E-state index contributed by atoms with van der Waals surface area (Å²) < 4.78 is 34.4. The van der Waals surface area contributed by atoms with Crippen LogP contribution < -0.4 is 0 Å². The van der Waals surface area contributed by atoms with E-state index in [-0.39, 0.29) is 0 Å². The predicted molar refractivity (Wildman–Crippen MR) is 47.5 cm³/mol. The van der Waals surface area contributed by atoms with Crippen LogP contribution in [0, 0.1) is 0 Å². The van der Waals surface area contributed by atoms with Crippen LogP contribution in [0.3, 0.4) is 0 Å². The van der Waals surface area contributed by atoms with Crippen LogP contribution >= 0.6 is 0 Å². The topological polar surface area (TPSA) is 83.8 Å². The molecule has 2 unspecified atom stereocenters. The molecule has 0 aromatic rings. The van der Waals surface area contributed by atoms with Gasteiger partial charge in [0.2, 0.25) is 5.44 Å². The summed E-state index contributed by atoms with van der Waals surface area (Å²) >= 11 is 0. The molecule has 0 spiro atoms. The molecule has 0 aromatic carbocycles. The Kier molecular flexibility index (Phi) is 4.97. The Labute approximate surface area is 77.8 Å². The number of hydrogen-bond donors (Lipinski definition) is 2. The molecule has 0 fully saturated rings. The summed E-state index contributed by atoms with van der Waals surface area (Å²) in [4.78, 5) is 0. The number of rotatable bonds is 5. The molecule has 0 saturated heterocycles. The average molecular weight is 210 g/mol. The summed E-state index contributed by atoms with van der Waals surface area (Å²) in [5, 5.41) is 8.95. The zero-order chi connectivity index (χ0) is 10.5. The lowest BCUT2D eigenvalue weighted by Gasteiger charge is -2.15. The third-order valence-electron chi connectivity index (χ3n) is 1.23. The van der Waals surface area contributed by atoms with E-state index in [4.69, 9.17) is 9.66 Å². The van der Waals surface area contributed by atoms with E-state index in [1.807, 2.05) is 6.92 Å². The molecule has 0 aromatic heterocycles. The molecule has 0 heterocycles. The van der Waals surface area contributed by atoms with Crippen molar-refractivity contribution in [1.29, 1.82) is 0 Å². The highest BCUT2D eigenvalue weighted by Crippen LogP contribution is 2.07. The largest absolute Gasteiger partial charge is 0.477 e. The fourth-order valence-electron chi connectivity index (χ4n) is 0.662. The van der Waals surface area contributed by atoms with Crippen molar-refractivity contribution in [3.8, 4) is 0 Å². The number of hydrogen-bond acceptors (Lipinski definition) is 4. The lowest BCUT2D eigenvalue weighted by Crippen LogP contribution is -2.32. The molecule has 0 aliphatic rings. The molecule has 0 saturated carbocycles. The van der Waals surface area contributed by atoms with Crippen LogP contribution in [0.5, 0.6) is 0 Å². The van der Waals surface area contributed by atoms with Gasteiger partial charge in [-0.3, -0.25) is 4.55 Å². The van der Waals surface area contributed by atoms with Gasteiger partial charge in [-0.25, -0.2) is 0 Å². The smallest absolute Gasteiger partial charge is 0.306 e. The Bertz CT molecular complexity index is 254. The zero-order valence-corrected chi connectivity index (χ0v) is 8.36. The van der Waals surface area contributed by atoms with Gasteiger partial charge in [0.25, 0.3) is 0 Å². The second-order valence-corrected chi connectivity index (χ2v) is 4.03. The first-order chi connectivity index (χ1) is 5.89. The van der Waals surface area contributed by atoms with E-state index >= 15 is 0 Å². The highest BCUT2D eigenvalue weighted by Gasteiger charge is 2.28. The summed E-state index contributed by atoms with van der Waals surface area (Å²) in [6.45, 7) is 3.06. The van der Waals surface area contributed by atoms with E-state index in [0.29, 0.717) is 6.42 Å². The first kappa shape index (κ1) is 12.4. The zero-order valence-electron chi connectivity index (χ0n) is 7.54. The molecule has 0 radical (unpaired) electrons. The van der Waals surface area contributed by atoms with Crippen molar-refractivity contribution in [2.24, 2.45) is 0 Å². The van der Waals surface area contributed by atoms with Crippen molar-refractivity contribution < 1.29 is 22.8 Å². The van der Waals surface area contributed by atoms with E-state index in [2.05, 4.69) is 4.74 Å². The van der Waals surface area contributed by atoms with Gasteiger partial charge >= 0.3 is 10.1 Å². The minimum atomic E-state index is -4.37. The van der Waals surface area contributed by atoms with Gasteiger partial charge in [0.15, 0.2) is 0 Å². The van der Waals surface area contributed by atoms with Crippen molar-refractivity contribution in [3.63, 3.8) is 0 Å². The van der Waals surface area contributed by atoms with Gasteiger partial charge in [0, 0.05) is 0 Å². The number of aliphatic hydroxyl groups excluding tert-OH is 1. The van der Waals surface area contributed by atoms with E-state index in [1.165, 1.54) is 6.92 Å². The van der Waals surface area contributed by atoms with Gasteiger partial charge < -0.3 is 9.84 Å². The third kappa shape index (κ3) is 4.87. The molecule has 2 N–H and O–H groups in total. The molecule has 0 amide bonds. The molecule has 78 valence electrons. The Morgan fingerprint density at radius 3 is 2.38 bits per heavy atom. The molecule has 6 heteroatoms. The highest BCUT2D eigenvalue weighted by atomic mass is 32.2. The van der Waals surface area contributed by atoms with Crippen molar-refractivity contribution in [1.82, 2.24) is 0 Å². The van der Waals surface area contributed by atoms with Crippen molar-refractivity contribution >= 4 is 10.1 Å². The maximum absolute atomic E-state index is 10.6. The highest BCUT2D eigenvalue weighted by molar-refractivity contribution is 7.86. The molecule has 13 heavy (non-hydrogen) atoms. The fourth-order valence-corrected chi connectivity index (χ4v) is 1.36. The lowest BCUT2D eigenvalue weighted by molar-refractivity contribution is 0.0633. The van der Waals surface area contributed by atoms with Crippen LogP contribution in [0.1, 0.15) is 20.3 Å². The molecule has 0 rings (SSSR count). The summed E-state index contributed by atoms with van der Waals surface area (Å²) in [7, 11) is -4.37. The minimum Gasteiger partial charge on any atom is -0.477 e. The summed E-state index contributed by atoms with van der Waals surface area (Å²) in [5.41, 5.74) is -1.62. The Hall–Kier alpha value is -0.590. The maximum Gasteiger partial charge on any atom is 0.306 e. The molecule has 0 aliphatic heterocycles.